The number of nitrogens with one attached hydrogen (secondary N) is 2. The van der Waals surface area contributed by atoms with Crippen LogP contribution >= 0.6 is 0 Å². The summed E-state index contributed by atoms with van der Waals surface area (Å²) in [4.78, 5) is 38.2. The molecule has 2 bridgehead atoms. The van der Waals surface area contributed by atoms with Gasteiger partial charge in [-0.3, -0.25) is 20.0 Å². The van der Waals surface area contributed by atoms with E-state index in [0.717, 1.165) is 22.3 Å². The fourth-order valence-electron chi connectivity index (χ4n) is 5.61. The molecule has 2 aliphatic carbocycles. The molecule has 2 aliphatic heterocycles. The van der Waals surface area contributed by atoms with Crippen LogP contribution in [-0.4, -0.2) is 57.4 Å². The number of aromatic amines is 1. The minimum absolute atomic E-state index is 0.00722. The maximum absolute atomic E-state index is 12.8. The minimum Gasteiger partial charge on any atom is -0.481 e. The largest absolute Gasteiger partial charge is 0.481 e. The molecule has 2 aromatic carbocycles. The molecule has 7 rings (SSSR count). The SMILES string of the molecule is O=C(Nc1cc(C(=O)N2CC3CC2C3C(=O)O)[nH]n1)OCC1c2ccccc2-c2ccccc21. The van der Waals surface area contributed by atoms with E-state index in [0.29, 0.717) is 13.0 Å². The van der Waals surface area contributed by atoms with Crippen molar-refractivity contribution in [2.45, 2.75) is 18.4 Å². The number of aliphatic carboxylic acids is 1. The Morgan fingerprint density at radius 1 is 1.09 bits per heavy atom. The summed E-state index contributed by atoms with van der Waals surface area (Å²) in [6.07, 6.45) is 0.0450. The molecule has 0 radical (unpaired) electrons. The highest BCUT2D eigenvalue weighted by Gasteiger charge is 2.57. The highest BCUT2D eigenvalue weighted by atomic mass is 16.5. The van der Waals surface area contributed by atoms with Gasteiger partial charge in [0.15, 0.2) is 5.82 Å². The number of carboxylic acid groups (broad SMARTS) is 1. The Balaban J connectivity index is 1.09. The Labute approximate surface area is 194 Å². The lowest BCUT2D eigenvalue weighted by Gasteiger charge is -2.32. The molecule has 0 spiro atoms. The van der Waals surface area contributed by atoms with Crippen molar-refractivity contribution < 1.29 is 24.2 Å². The first-order valence-electron chi connectivity index (χ1n) is 11.2. The lowest BCUT2D eigenvalue weighted by atomic mass is 9.74. The maximum atomic E-state index is 12.8. The number of ether oxygens (including phenoxy) is 1. The van der Waals surface area contributed by atoms with E-state index >= 15 is 0 Å². The first kappa shape index (κ1) is 20.5. The van der Waals surface area contributed by atoms with Gasteiger partial charge in [-0.2, -0.15) is 5.10 Å². The van der Waals surface area contributed by atoms with E-state index in [1.807, 2.05) is 36.4 Å². The molecule has 2 saturated heterocycles. The van der Waals surface area contributed by atoms with Gasteiger partial charge in [0.1, 0.15) is 12.3 Å². The van der Waals surface area contributed by atoms with E-state index in [4.69, 9.17) is 4.74 Å². The predicted molar refractivity (Wildman–Crippen MR) is 121 cm³/mol. The van der Waals surface area contributed by atoms with Gasteiger partial charge >= 0.3 is 12.1 Å². The molecule has 172 valence electrons. The highest BCUT2D eigenvalue weighted by molar-refractivity contribution is 5.95. The monoisotopic (exact) mass is 458 g/mol. The number of carboxylic acids is 1. The molecule has 4 aliphatic rings. The second-order valence-corrected chi connectivity index (χ2v) is 9.00. The van der Waals surface area contributed by atoms with Crippen molar-refractivity contribution in [3.05, 3.63) is 71.4 Å². The molecule has 9 heteroatoms. The summed E-state index contributed by atoms with van der Waals surface area (Å²) in [5.74, 6) is -1.55. The molecule has 9 nitrogen and oxygen atoms in total. The zero-order valence-corrected chi connectivity index (χ0v) is 18.1. The standard InChI is InChI=1S/C25H22N4O5/c30-23(29-11-13-9-20(29)22(13)24(31)32)19-10-21(28-27-19)26-25(33)34-12-18-16-7-3-1-5-14(16)15-6-2-4-8-17(15)18/h1-8,10,13,18,20,22H,9,11-12H2,(H,31,32)(H2,26,27,28,33). The van der Waals surface area contributed by atoms with Gasteiger partial charge in [-0.05, 0) is 34.6 Å². The number of carbonyl (C=O) groups is 3. The summed E-state index contributed by atoms with van der Waals surface area (Å²) < 4.78 is 5.51. The first-order chi connectivity index (χ1) is 16.5. The van der Waals surface area contributed by atoms with E-state index in [1.165, 1.54) is 6.07 Å². The van der Waals surface area contributed by atoms with Gasteiger partial charge in [-0.1, -0.05) is 48.5 Å². The van der Waals surface area contributed by atoms with Gasteiger partial charge in [0.05, 0.1) is 5.92 Å². The number of anilines is 1. The molecule has 3 N–H and O–H groups in total. The Hall–Kier alpha value is -4.14. The van der Waals surface area contributed by atoms with Crippen LogP contribution in [0.1, 0.15) is 34.0 Å². The third kappa shape index (κ3) is 3.15. The normalized spacial score (nSPS) is 22.0. The van der Waals surface area contributed by atoms with Gasteiger partial charge in [0, 0.05) is 24.6 Å². The number of aromatic nitrogens is 2. The Kier molecular flexibility index (Phi) is 4.65. The molecular formula is C25H22N4O5. The molecular weight excluding hydrogens is 436 g/mol. The first-order valence-corrected chi connectivity index (χ1v) is 11.2. The van der Waals surface area contributed by atoms with E-state index < -0.39 is 18.0 Å². The lowest BCUT2D eigenvalue weighted by molar-refractivity contribution is -0.147. The van der Waals surface area contributed by atoms with Crippen molar-refractivity contribution >= 4 is 23.8 Å². The Morgan fingerprint density at radius 2 is 1.76 bits per heavy atom. The van der Waals surface area contributed by atoms with Gasteiger partial charge < -0.3 is 14.7 Å². The summed E-state index contributed by atoms with van der Waals surface area (Å²) in [7, 11) is 0. The van der Waals surface area contributed by atoms with Gasteiger partial charge in [0.25, 0.3) is 5.91 Å². The molecule has 2 amide bonds. The molecule has 3 atom stereocenters. The summed E-state index contributed by atoms with van der Waals surface area (Å²) >= 11 is 0. The van der Waals surface area contributed by atoms with Crippen molar-refractivity contribution in [2.75, 3.05) is 18.5 Å². The second-order valence-electron chi connectivity index (χ2n) is 9.00. The number of carbonyl (C=O) groups excluding carboxylic acids is 2. The van der Waals surface area contributed by atoms with Crippen molar-refractivity contribution in [1.82, 2.24) is 15.1 Å². The molecule has 3 unspecified atom stereocenters. The van der Waals surface area contributed by atoms with Gasteiger partial charge in [-0.15, -0.1) is 0 Å². The smallest absolute Gasteiger partial charge is 0.412 e. The number of hydrogen-bond donors (Lipinski definition) is 3. The number of H-pyrrole nitrogens is 1. The number of amides is 2. The molecule has 3 fully saturated rings. The van der Waals surface area contributed by atoms with Crippen molar-refractivity contribution in [1.29, 1.82) is 0 Å². The van der Waals surface area contributed by atoms with Crippen LogP contribution in [0.2, 0.25) is 0 Å². The second kappa shape index (κ2) is 7.72. The zero-order valence-electron chi connectivity index (χ0n) is 18.1. The Morgan fingerprint density at radius 3 is 2.41 bits per heavy atom. The van der Waals surface area contributed by atoms with Crippen LogP contribution in [0, 0.1) is 11.8 Å². The third-order valence-electron chi connectivity index (χ3n) is 7.23. The fourth-order valence-corrected chi connectivity index (χ4v) is 5.61. The Bertz CT molecular complexity index is 1270. The van der Waals surface area contributed by atoms with Gasteiger partial charge in [-0.25, -0.2) is 4.79 Å². The topological polar surface area (TPSA) is 125 Å². The molecule has 3 aromatic rings. The number of hydrogen-bond acceptors (Lipinski definition) is 5. The summed E-state index contributed by atoms with van der Waals surface area (Å²) in [6, 6.07) is 17.3. The average Bonchev–Trinajstić information content (AvgIpc) is 3.59. The van der Waals surface area contributed by atoms with Crippen LogP contribution in [0.3, 0.4) is 0 Å². The van der Waals surface area contributed by atoms with Crippen LogP contribution in [0.15, 0.2) is 54.6 Å². The molecule has 3 heterocycles. The number of nitrogens with zero attached hydrogens (tertiary/aromatic N) is 2. The van der Waals surface area contributed by atoms with Crippen LogP contribution in [-0.2, 0) is 9.53 Å². The number of rotatable bonds is 5. The lowest BCUT2D eigenvalue weighted by Crippen LogP contribution is -2.45. The molecule has 1 aromatic heterocycles. The summed E-state index contributed by atoms with van der Waals surface area (Å²) in [6.45, 7) is 0.595. The third-order valence-corrected chi connectivity index (χ3v) is 7.23. The quantitative estimate of drug-likeness (QED) is 0.539. The van der Waals surface area contributed by atoms with Crippen molar-refractivity contribution in [3.8, 4) is 11.1 Å². The van der Waals surface area contributed by atoms with Crippen LogP contribution in [0.5, 0.6) is 0 Å². The minimum atomic E-state index is -0.862. The van der Waals surface area contributed by atoms with Crippen LogP contribution < -0.4 is 5.32 Å². The van der Waals surface area contributed by atoms with Crippen LogP contribution in [0.4, 0.5) is 10.6 Å². The fraction of sp³-hybridized carbons (Fsp3) is 0.280. The number of fused-ring (bicyclic) bond motifs is 4. The van der Waals surface area contributed by atoms with Crippen LogP contribution in [0.25, 0.3) is 11.1 Å². The maximum Gasteiger partial charge on any atom is 0.412 e. The van der Waals surface area contributed by atoms with Crippen molar-refractivity contribution in [3.63, 3.8) is 0 Å². The average molecular weight is 458 g/mol. The summed E-state index contributed by atoms with van der Waals surface area (Å²) in [5.41, 5.74) is 4.73. The van der Waals surface area contributed by atoms with E-state index in [2.05, 4.69) is 27.6 Å². The van der Waals surface area contributed by atoms with E-state index in [1.54, 1.807) is 4.90 Å². The number of benzene rings is 2. The predicted octanol–water partition coefficient (Wildman–Crippen LogP) is 3.32. The zero-order chi connectivity index (χ0) is 23.4. The molecule has 1 saturated carbocycles. The van der Waals surface area contributed by atoms with E-state index in [9.17, 15) is 19.5 Å². The highest BCUT2D eigenvalue weighted by Crippen LogP contribution is 2.47. The van der Waals surface area contributed by atoms with Gasteiger partial charge in [0.2, 0.25) is 0 Å². The molecule has 34 heavy (non-hydrogen) atoms. The van der Waals surface area contributed by atoms with Crippen molar-refractivity contribution in [2.24, 2.45) is 11.8 Å². The van der Waals surface area contributed by atoms with E-state index in [-0.39, 0.29) is 41.9 Å². The summed E-state index contributed by atoms with van der Waals surface area (Å²) in [5, 5.41) is 18.5.